The van der Waals surface area contributed by atoms with Crippen molar-refractivity contribution in [2.75, 3.05) is 14.1 Å². The van der Waals surface area contributed by atoms with Crippen LogP contribution in [-0.2, 0) is 4.79 Å². The maximum Gasteiger partial charge on any atom is 0.241 e. The van der Waals surface area contributed by atoms with Crippen LogP contribution in [0.3, 0.4) is 0 Å². The van der Waals surface area contributed by atoms with E-state index in [-0.39, 0.29) is 11.8 Å². The van der Waals surface area contributed by atoms with Crippen molar-refractivity contribution in [3.63, 3.8) is 0 Å². The second kappa shape index (κ2) is 4.94. The third kappa shape index (κ3) is 3.36. The average molecular weight is 206 g/mol. The lowest BCUT2D eigenvalue weighted by molar-refractivity contribution is -0.125. The maximum atomic E-state index is 11.7. The number of hydrogen-bond donors (Lipinski definition) is 1. The average Bonchev–Trinajstić information content (AvgIpc) is 2.17. The number of amides is 1. The van der Waals surface area contributed by atoms with Crippen molar-refractivity contribution in [2.45, 2.75) is 19.8 Å². The van der Waals surface area contributed by atoms with Crippen LogP contribution in [0.5, 0.6) is 0 Å². The van der Waals surface area contributed by atoms with Crippen LogP contribution in [-0.4, -0.2) is 25.0 Å². The van der Waals surface area contributed by atoms with E-state index < -0.39 is 0 Å². The van der Waals surface area contributed by atoms with Gasteiger partial charge in [0, 0.05) is 14.1 Å². The van der Waals surface area contributed by atoms with Crippen LogP contribution in [0.25, 0.3) is 0 Å². The van der Waals surface area contributed by atoms with Crippen molar-refractivity contribution < 1.29 is 4.79 Å². The number of benzene rings is 1. The summed E-state index contributed by atoms with van der Waals surface area (Å²) in [5.41, 5.74) is 5.00. The van der Waals surface area contributed by atoms with Crippen LogP contribution in [0.1, 0.15) is 24.0 Å². The monoisotopic (exact) mass is 206 g/mol. The van der Waals surface area contributed by atoms with E-state index in [2.05, 4.69) is 5.43 Å². The Labute approximate surface area is 91.1 Å². The summed E-state index contributed by atoms with van der Waals surface area (Å²) in [4.78, 5) is 11.7. The number of carbonyl (C=O) groups excluding carboxylic acids is 1. The van der Waals surface area contributed by atoms with E-state index in [9.17, 15) is 4.79 Å². The van der Waals surface area contributed by atoms with Gasteiger partial charge < -0.3 is 0 Å². The Hall–Kier alpha value is -1.35. The molecular formula is C12H18N2O. The van der Waals surface area contributed by atoms with Crippen molar-refractivity contribution in [1.29, 1.82) is 0 Å². The predicted molar refractivity (Wildman–Crippen MR) is 61.4 cm³/mol. The quantitative estimate of drug-likeness (QED) is 0.763. The summed E-state index contributed by atoms with van der Waals surface area (Å²) in [7, 11) is 3.61. The number of rotatable bonds is 3. The molecule has 0 spiro atoms. The molecule has 82 valence electrons. The summed E-state index contributed by atoms with van der Waals surface area (Å²) in [6.45, 7) is 3.94. The highest BCUT2D eigenvalue weighted by molar-refractivity contribution is 5.82. The molecule has 15 heavy (non-hydrogen) atoms. The van der Waals surface area contributed by atoms with Gasteiger partial charge in [0.15, 0.2) is 0 Å². The first-order valence-electron chi connectivity index (χ1n) is 5.05. The molecule has 1 atom stereocenters. The molecule has 0 radical (unpaired) electrons. The number of nitrogens with zero attached hydrogens (tertiary/aromatic N) is 1. The van der Waals surface area contributed by atoms with Crippen molar-refractivity contribution in [3.05, 3.63) is 35.4 Å². The van der Waals surface area contributed by atoms with Gasteiger partial charge in [0.1, 0.15) is 0 Å². The Morgan fingerprint density at radius 1 is 1.27 bits per heavy atom. The second-order valence-corrected chi connectivity index (χ2v) is 4.00. The molecular weight excluding hydrogens is 188 g/mol. The van der Waals surface area contributed by atoms with E-state index in [1.54, 1.807) is 19.1 Å². The number of hydrazine groups is 1. The van der Waals surface area contributed by atoms with Gasteiger partial charge in [-0.1, -0.05) is 29.8 Å². The van der Waals surface area contributed by atoms with E-state index >= 15 is 0 Å². The topological polar surface area (TPSA) is 32.3 Å². The molecule has 1 rings (SSSR count). The van der Waals surface area contributed by atoms with Gasteiger partial charge in [-0.3, -0.25) is 10.2 Å². The van der Waals surface area contributed by atoms with Crippen LogP contribution in [0.4, 0.5) is 0 Å². The molecule has 3 heteroatoms. The van der Waals surface area contributed by atoms with Gasteiger partial charge in [0.2, 0.25) is 5.91 Å². The van der Waals surface area contributed by atoms with Gasteiger partial charge in [0.05, 0.1) is 5.92 Å². The largest absolute Gasteiger partial charge is 0.289 e. The number of carbonyl (C=O) groups is 1. The fourth-order valence-corrected chi connectivity index (χ4v) is 1.32. The minimum atomic E-state index is -0.118. The second-order valence-electron chi connectivity index (χ2n) is 4.00. The zero-order chi connectivity index (χ0) is 11.4. The molecule has 0 fully saturated rings. The predicted octanol–water partition coefficient (Wildman–Crippen LogP) is 1.69. The third-order valence-corrected chi connectivity index (χ3v) is 2.30. The van der Waals surface area contributed by atoms with E-state index in [0.717, 1.165) is 5.56 Å². The number of hydrogen-bond acceptors (Lipinski definition) is 2. The van der Waals surface area contributed by atoms with Crippen LogP contribution >= 0.6 is 0 Å². The molecule has 0 aromatic heterocycles. The highest BCUT2D eigenvalue weighted by Crippen LogP contribution is 2.15. The summed E-state index contributed by atoms with van der Waals surface area (Å²) >= 11 is 0. The van der Waals surface area contributed by atoms with Crippen molar-refractivity contribution in [1.82, 2.24) is 10.4 Å². The molecule has 3 nitrogen and oxygen atoms in total. The molecule has 0 bridgehead atoms. The number of nitrogens with one attached hydrogen (secondary N) is 1. The fraction of sp³-hybridized carbons (Fsp3) is 0.417. The van der Waals surface area contributed by atoms with Gasteiger partial charge in [-0.15, -0.1) is 0 Å². The zero-order valence-electron chi connectivity index (χ0n) is 9.74. The zero-order valence-corrected chi connectivity index (χ0v) is 9.74. The van der Waals surface area contributed by atoms with Gasteiger partial charge in [-0.25, -0.2) is 5.01 Å². The lowest BCUT2D eigenvalue weighted by atomic mass is 9.99. The molecule has 0 heterocycles. The van der Waals surface area contributed by atoms with Crippen molar-refractivity contribution >= 4 is 5.91 Å². The van der Waals surface area contributed by atoms with Crippen LogP contribution < -0.4 is 5.43 Å². The SMILES string of the molecule is Cc1ccc(C(C)C(=O)NN(C)C)cc1. The van der Waals surface area contributed by atoms with Gasteiger partial charge in [0.25, 0.3) is 0 Å². The summed E-state index contributed by atoms with van der Waals surface area (Å²) in [5.74, 6) is -0.100. The molecule has 0 saturated heterocycles. The maximum absolute atomic E-state index is 11.7. The van der Waals surface area contributed by atoms with E-state index in [1.807, 2.05) is 38.1 Å². The Morgan fingerprint density at radius 3 is 2.27 bits per heavy atom. The van der Waals surface area contributed by atoms with Crippen LogP contribution in [0.15, 0.2) is 24.3 Å². The lowest BCUT2D eigenvalue weighted by Crippen LogP contribution is -2.38. The standard InChI is InChI=1S/C12H18N2O/c1-9-5-7-11(8-6-9)10(2)12(15)13-14(3)4/h5-8,10H,1-4H3,(H,13,15). The lowest BCUT2D eigenvalue weighted by Gasteiger charge is -2.16. The summed E-state index contributed by atoms with van der Waals surface area (Å²) < 4.78 is 0. The minimum absolute atomic E-state index is 0.0175. The summed E-state index contributed by atoms with van der Waals surface area (Å²) in [5, 5.41) is 1.66. The van der Waals surface area contributed by atoms with Crippen molar-refractivity contribution in [2.24, 2.45) is 0 Å². The molecule has 0 aliphatic rings. The fourth-order valence-electron chi connectivity index (χ4n) is 1.32. The highest BCUT2D eigenvalue weighted by atomic mass is 16.2. The number of aryl methyl sites for hydroxylation is 1. The third-order valence-electron chi connectivity index (χ3n) is 2.30. The van der Waals surface area contributed by atoms with E-state index in [0.29, 0.717) is 0 Å². The molecule has 1 amide bonds. The first-order chi connectivity index (χ1) is 7.00. The Balaban J connectivity index is 2.71. The first kappa shape index (κ1) is 11.7. The molecule has 1 unspecified atom stereocenters. The summed E-state index contributed by atoms with van der Waals surface area (Å²) in [6, 6.07) is 8.04. The normalized spacial score (nSPS) is 12.6. The highest BCUT2D eigenvalue weighted by Gasteiger charge is 2.14. The molecule has 0 aliphatic carbocycles. The molecule has 1 aromatic rings. The van der Waals surface area contributed by atoms with Crippen LogP contribution in [0.2, 0.25) is 0 Å². The minimum Gasteiger partial charge on any atom is -0.289 e. The van der Waals surface area contributed by atoms with Crippen molar-refractivity contribution in [3.8, 4) is 0 Å². The Kier molecular flexibility index (Phi) is 3.86. The smallest absolute Gasteiger partial charge is 0.241 e. The van der Waals surface area contributed by atoms with E-state index in [4.69, 9.17) is 0 Å². The van der Waals surface area contributed by atoms with Gasteiger partial charge in [-0.2, -0.15) is 0 Å². The van der Waals surface area contributed by atoms with Crippen LogP contribution in [0, 0.1) is 6.92 Å². The first-order valence-corrected chi connectivity index (χ1v) is 5.05. The molecule has 1 N–H and O–H groups in total. The van der Waals surface area contributed by atoms with Gasteiger partial charge >= 0.3 is 0 Å². The molecule has 1 aromatic carbocycles. The van der Waals surface area contributed by atoms with E-state index in [1.165, 1.54) is 5.56 Å². The Bertz CT molecular complexity index is 330. The van der Waals surface area contributed by atoms with Gasteiger partial charge in [-0.05, 0) is 19.4 Å². The molecule has 0 saturated carbocycles. The summed E-state index contributed by atoms with van der Waals surface area (Å²) in [6.07, 6.45) is 0. The Morgan fingerprint density at radius 2 is 1.80 bits per heavy atom. The molecule has 0 aliphatic heterocycles.